The Bertz CT molecular complexity index is 650. The molecule has 0 aliphatic heterocycles. The molecule has 0 amide bonds. The monoisotopic (exact) mass is 362 g/mol. The Balaban J connectivity index is 2.24. The zero-order valence-electron chi connectivity index (χ0n) is 10.7. The highest BCUT2D eigenvalue weighted by molar-refractivity contribution is 9.10. The van der Waals surface area contributed by atoms with E-state index in [2.05, 4.69) is 26.1 Å². The Hall–Kier alpha value is -1.96. The first-order chi connectivity index (χ1) is 9.81. The third kappa shape index (κ3) is 3.57. The Labute approximate surface area is 126 Å². The maximum atomic E-state index is 12.5. The van der Waals surface area contributed by atoms with Crippen LogP contribution in [0.2, 0.25) is 0 Å². The number of nitrogens with one attached hydrogen (secondary N) is 1. The highest BCUT2D eigenvalue weighted by atomic mass is 79.9. The molecule has 1 N–H and O–H groups in total. The number of esters is 1. The van der Waals surface area contributed by atoms with Crippen LogP contribution in [0, 0.1) is 0 Å². The number of benzene rings is 1. The lowest BCUT2D eigenvalue weighted by Crippen LogP contribution is -2.16. The van der Waals surface area contributed by atoms with Crippen molar-refractivity contribution in [2.45, 2.75) is 6.18 Å². The van der Waals surface area contributed by atoms with Crippen molar-refractivity contribution in [1.29, 1.82) is 0 Å². The number of hydrogen-bond acceptors (Lipinski definition) is 3. The van der Waals surface area contributed by atoms with Crippen molar-refractivity contribution in [3.63, 3.8) is 0 Å². The van der Waals surface area contributed by atoms with Gasteiger partial charge < -0.3 is 4.74 Å². The standard InChI is InChI=1S/C13H10BrF3N2O2/c1-21-12(20)11-6-9(14)7-19(11)18-10-4-2-8(3-5-10)13(15,16)17/h2-7,18H,1H3. The average Bonchev–Trinajstić information content (AvgIpc) is 2.78. The van der Waals surface area contributed by atoms with Crippen LogP contribution in [0.3, 0.4) is 0 Å². The van der Waals surface area contributed by atoms with E-state index in [1.807, 2.05) is 0 Å². The molecule has 1 aromatic carbocycles. The summed E-state index contributed by atoms with van der Waals surface area (Å²) in [7, 11) is 1.24. The molecular formula is C13H10BrF3N2O2. The van der Waals surface area contributed by atoms with Crippen molar-refractivity contribution in [2.24, 2.45) is 0 Å². The number of methoxy groups -OCH3 is 1. The largest absolute Gasteiger partial charge is 0.464 e. The van der Waals surface area contributed by atoms with Gasteiger partial charge in [-0.3, -0.25) is 10.1 Å². The molecule has 0 saturated carbocycles. The van der Waals surface area contributed by atoms with Gasteiger partial charge in [0.2, 0.25) is 0 Å². The van der Waals surface area contributed by atoms with E-state index >= 15 is 0 Å². The minimum absolute atomic E-state index is 0.212. The normalized spacial score (nSPS) is 11.3. The van der Waals surface area contributed by atoms with Crippen LogP contribution in [0.4, 0.5) is 18.9 Å². The first-order valence-corrected chi connectivity index (χ1v) is 6.51. The van der Waals surface area contributed by atoms with Gasteiger partial charge in [0.1, 0.15) is 5.69 Å². The number of halogens is 4. The number of rotatable bonds is 3. The van der Waals surface area contributed by atoms with Gasteiger partial charge >= 0.3 is 12.1 Å². The van der Waals surface area contributed by atoms with Crippen molar-refractivity contribution >= 4 is 27.6 Å². The van der Waals surface area contributed by atoms with Gasteiger partial charge in [0, 0.05) is 10.7 Å². The zero-order chi connectivity index (χ0) is 15.6. The van der Waals surface area contributed by atoms with Gasteiger partial charge in [-0.25, -0.2) is 4.79 Å². The second kappa shape index (κ2) is 5.80. The predicted molar refractivity (Wildman–Crippen MR) is 73.9 cm³/mol. The minimum atomic E-state index is -4.38. The van der Waals surface area contributed by atoms with E-state index in [-0.39, 0.29) is 5.69 Å². The molecule has 0 unspecified atom stereocenters. The molecule has 21 heavy (non-hydrogen) atoms. The van der Waals surface area contributed by atoms with Crippen molar-refractivity contribution in [3.05, 3.63) is 52.3 Å². The molecule has 4 nitrogen and oxygen atoms in total. The summed E-state index contributed by atoms with van der Waals surface area (Å²) in [4.78, 5) is 11.6. The molecule has 2 rings (SSSR count). The number of carbonyl (C=O) groups is 1. The Morgan fingerprint density at radius 2 is 1.90 bits per heavy atom. The van der Waals surface area contributed by atoms with Gasteiger partial charge in [-0.15, -0.1) is 0 Å². The predicted octanol–water partition coefficient (Wildman–Crippen LogP) is 3.93. The van der Waals surface area contributed by atoms with E-state index in [4.69, 9.17) is 0 Å². The number of carbonyl (C=O) groups excluding carboxylic acids is 1. The summed E-state index contributed by atoms with van der Waals surface area (Å²) < 4.78 is 44.0. The molecule has 8 heteroatoms. The summed E-state index contributed by atoms with van der Waals surface area (Å²) in [5.41, 5.74) is 2.68. The van der Waals surface area contributed by atoms with Crippen molar-refractivity contribution in [2.75, 3.05) is 12.5 Å². The fraction of sp³-hybridized carbons (Fsp3) is 0.154. The van der Waals surface area contributed by atoms with Gasteiger partial charge in [-0.2, -0.15) is 13.2 Å². The summed E-state index contributed by atoms with van der Waals surface area (Å²) in [5, 5.41) is 0. The van der Waals surface area contributed by atoms with Crippen LogP contribution < -0.4 is 5.43 Å². The summed E-state index contributed by atoms with van der Waals surface area (Å²) in [6, 6.07) is 6.00. The Morgan fingerprint density at radius 3 is 2.43 bits per heavy atom. The second-order valence-corrected chi connectivity index (χ2v) is 5.01. The second-order valence-electron chi connectivity index (χ2n) is 4.09. The molecule has 1 heterocycles. The van der Waals surface area contributed by atoms with E-state index in [1.54, 1.807) is 6.20 Å². The molecule has 0 spiro atoms. The third-order valence-corrected chi connectivity index (χ3v) is 3.08. The SMILES string of the molecule is COC(=O)c1cc(Br)cn1Nc1ccc(C(F)(F)F)cc1. The molecule has 0 bridgehead atoms. The van der Waals surface area contributed by atoms with Crippen molar-refractivity contribution in [3.8, 4) is 0 Å². The fourth-order valence-corrected chi connectivity index (χ4v) is 2.08. The first kappa shape index (κ1) is 15.4. The summed E-state index contributed by atoms with van der Waals surface area (Å²) in [6.45, 7) is 0. The number of ether oxygens (including phenoxy) is 1. The summed E-state index contributed by atoms with van der Waals surface area (Å²) in [5.74, 6) is -0.569. The van der Waals surface area contributed by atoms with Crippen molar-refractivity contribution in [1.82, 2.24) is 4.68 Å². The quantitative estimate of drug-likeness (QED) is 0.841. The fourth-order valence-electron chi connectivity index (χ4n) is 1.66. The Morgan fingerprint density at radius 1 is 1.29 bits per heavy atom. The molecular weight excluding hydrogens is 353 g/mol. The van der Waals surface area contributed by atoms with Crippen LogP contribution >= 0.6 is 15.9 Å². The van der Waals surface area contributed by atoms with Crippen LogP contribution in [0.25, 0.3) is 0 Å². The number of hydrogen-bond donors (Lipinski definition) is 1. The van der Waals surface area contributed by atoms with Gasteiger partial charge in [-0.05, 0) is 46.3 Å². The van der Waals surface area contributed by atoms with Crippen molar-refractivity contribution < 1.29 is 22.7 Å². The first-order valence-electron chi connectivity index (χ1n) is 5.72. The average molecular weight is 363 g/mol. The lowest BCUT2D eigenvalue weighted by molar-refractivity contribution is -0.137. The van der Waals surface area contributed by atoms with Crippen LogP contribution in [-0.2, 0) is 10.9 Å². The molecule has 2 aromatic rings. The summed E-state index contributed by atoms with van der Waals surface area (Å²) >= 11 is 3.21. The maximum Gasteiger partial charge on any atom is 0.416 e. The lowest BCUT2D eigenvalue weighted by Gasteiger charge is -2.12. The van der Waals surface area contributed by atoms with Gasteiger partial charge in [0.15, 0.2) is 0 Å². The zero-order valence-corrected chi connectivity index (χ0v) is 12.3. The van der Waals surface area contributed by atoms with Crippen LogP contribution in [0.5, 0.6) is 0 Å². The van der Waals surface area contributed by atoms with Crippen LogP contribution in [0.1, 0.15) is 16.1 Å². The van der Waals surface area contributed by atoms with Gasteiger partial charge in [0.25, 0.3) is 0 Å². The van der Waals surface area contributed by atoms with E-state index in [1.165, 1.54) is 30.0 Å². The topological polar surface area (TPSA) is 43.3 Å². The minimum Gasteiger partial charge on any atom is -0.464 e. The van der Waals surface area contributed by atoms with Crippen LogP contribution in [0.15, 0.2) is 41.0 Å². The molecule has 0 atom stereocenters. The van der Waals surface area contributed by atoms with E-state index in [0.29, 0.717) is 10.2 Å². The smallest absolute Gasteiger partial charge is 0.416 e. The molecule has 0 fully saturated rings. The number of alkyl halides is 3. The number of nitrogens with zero attached hydrogens (tertiary/aromatic N) is 1. The number of aromatic nitrogens is 1. The maximum absolute atomic E-state index is 12.5. The van der Waals surface area contributed by atoms with Gasteiger partial charge in [0.05, 0.1) is 18.4 Å². The molecule has 0 radical (unpaired) electrons. The molecule has 1 aromatic heterocycles. The van der Waals surface area contributed by atoms with E-state index in [0.717, 1.165) is 12.1 Å². The third-order valence-electron chi connectivity index (χ3n) is 2.64. The molecule has 0 saturated heterocycles. The lowest BCUT2D eigenvalue weighted by atomic mass is 10.2. The van der Waals surface area contributed by atoms with Crippen LogP contribution in [-0.4, -0.2) is 17.8 Å². The molecule has 0 aliphatic rings. The number of anilines is 1. The molecule has 112 valence electrons. The highest BCUT2D eigenvalue weighted by Crippen LogP contribution is 2.30. The van der Waals surface area contributed by atoms with Gasteiger partial charge in [-0.1, -0.05) is 0 Å². The molecule has 0 aliphatic carbocycles. The Kier molecular flexibility index (Phi) is 4.26. The summed E-state index contributed by atoms with van der Waals surface area (Å²) in [6.07, 6.45) is -2.82. The van der Waals surface area contributed by atoms with E-state index < -0.39 is 17.7 Å². The highest BCUT2D eigenvalue weighted by Gasteiger charge is 2.29. The van der Waals surface area contributed by atoms with E-state index in [9.17, 15) is 18.0 Å².